The van der Waals surface area contributed by atoms with Gasteiger partial charge in [0.2, 0.25) is 0 Å². The number of aryl methyl sites for hydroxylation is 2. The summed E-state index contributed by atoms with van der Waals surface area (Å²) in [7, 11) is 0. The van der Waals surface area contributed by atoms with Crippen molar-refractivity contribution in [3.05, 3.63) is 120 Å². The molecule has 0 bridgehead atoms. The van der Waals surface area contributed by atoms with Crippen LogP contribution in [-0.4, -0.2) is 0 Å². The predicted octanol–water partition coefficient (Wildman–Crippen LogP) is 13.3. The van der Waals surface area contributed by atoms with Crippen LogP contribution < -0.4 is 0 Å². The maximum Gasteiger partial charge on any atom is 0.0890 e. The Kier molecular flexibility index (Phi) is 5.51. The van der Waals surface area contributed by atoms with E-state index in [0.29, 0.717) is 0 Å². The molecule has 0 spiro atoms. The lowest BCUT2D eigenvalue weighted by molar-refractivity contribution is 1.39. The minimum atomic E-state index is 1.26. The molecule has 5 aromatic carbocycles. The zero-order chi connectivity index (χ0) is 27.9. The van der Waals surface area contributed by atoms with Crippen molar-refractivity contribution >= 4 is 95.1 Å². The molecule has 0 aliphatic heterocycles. The number of fused-ring (bicyclic) bond motifs is 7. The molecule has 9 rings (SSSR count). The average molecular weight is 609 g/mol. The molecule has 0 radical (unpaired) electrons. The lowest BCUT2D eigenvalue weighted by Gasteiger charge is -2.03. The van der Waals surface area contributed by atoms with E-state index in [2.05, 4.69) is 123 Å². The molecule has 4 aromatic heterocycles. The second kappa shape index (κ2) is 9.35. The zero-order valence-corrected chi connectivity index (χ0v) is 26.3. The summed E-state index contributed by atoms with van der Waals surface area (Å²) in [5, 5.41) is 6.92. The van der Waals surface area contributed by atoms with Gasteiger partial charge >= 0.3 is 0 Å². The fourth-order valence-electron chi connectivity index (χ4n) is 6.24. The van der Waals surface area contributed by atoms with E-state index >= 15 is 0 Å². The van der Waals surface area contributed by atoms with Crippen molar-refractivity contribution in [1.82, 2.24) is 0 Å². The molecule has 4 heterocycles. The number of benzene rings is 5. The Morgan fingerprint density at radius 1 is 0.405 bits per heavy atom. The van der Waals surface area contributed by atoms with E-state index in [0.717, 1.165) is 0 Å². The lowest BCUT2D eigenvalue weighted by Crippen LogP contribution is -1.79. The minimum Gasteiger partial charge on any atom is -0.135 e. The summed E-state index contributed by atoms with van der Waals surface area (Å²) < 4.78 is 6.94. The van der Waals surface area contributed by atoms with Crippen molar-refractivity contribution in [2.45, 2.75) is 13.8 Å². The molecule has 0 amide bonds. The van der Waals surface area contributed by atoms with E-state index in [1.54, 1.807) is 0 Å². The van der Waals surface area contributed by atoms with Gasteiger partial charge in [-0.15, -0.1) is 45.3 Å². The summed E-state index contributed by atoms with van der Waals surface area (Å²) in [5.74, 6) is 0. The third-order valence-electron chi connectivity index (χ3n) is 8.17. The molecule has 0 nitrogen and oxygen atoms in total. The molecule has 42 heavy (non-hydrogen) atoms. The molecular weight excluding hydrogens is 585 g/mol. The van der Waals surface area contributed by atoms with Crippen LogP contribution in [0.5, 0.6) is 0 Å². The van der Waals surface area contributed by atoms with Crippen molar-refractivity contribution in [2.75, 3.05) is 0 Å². The van der Waals surface area contributed by atoms with Crippen LogP contribution in [0.1, 0.15) is 11.1 Å². The first-order valence-electron chi connectivity index (χ1n) is 14.1. The quantitative estimate of drug-likeness (QED) is 0.187. The summed E-state index contributed by atoms with van der Waals surface area (Å²) in [6.07, 6.45) is 0. The first kappa shape index (κ1) is 24.8. The summed E-state index contributed by atoms with van der Waals surface area (Å²) in [5.41, 5.74) is 7.77. The van der Waals surface area contributed by atoms with E-state index in [9.17, 15) is 0 Å². The maximum atomic E-state index is 2.45. The Morgan fingerprint density at radius 2 is 0.929 bits per heavy atom. The molecule has 0 N–H and O–H groups in total. The van der Waals surface area contributed by atoms with Gasteiger partial charge < -0.3 is 0 Å². The van der Waals surface area contributed by atoms with Crippen LogP contribution in [0.2, 0.25) is 0 Å². The van der Waals surface area contributed by atoms with Crippen molar-refractivity contribution < 1.29 is 0 Å². The topological polar surface area (TPSA) is 0 Å². The molecular formula is C38H24S4. The van der Waals surface area contributed by atoms with E-state index in [-0.39, 0.29) is 0 Å². The van der Waals surface area contributed by atoms with Gasteiger partial charge in [0.05, 0.1) is 4.01 Å². The van der Waals surface area contributed by atoms with E-state index in [1.807, 2.05) is 45.3 Å². The number of hydrogen-bond acceptors (Lipinski definition) is 4. The monoisotopic (exact) mass is 608 g/mol. The third kappa shape index (κ3) is 3.98. The molecule has 200 valence electrons. The highest BCUT2D eigenvalue weighted by Gasteiger charge is 2.17. The first-order valence-corrected chi connectivity index (χ1v) is 17.3. The number of thiophene rings is 4. The highest BCUT2D eigenvalue weighted by atomic mass is 32.2. The largest absolute Gasteiger partial charge is 0.135 e. The van der Waals surface area contributed by atoms with Crippen LogP contribution in [0.15, 0.2) is 109 Å². The Bertz CT molecular complexity index is 2440. The smallest absolute Gasteiger partial charge is 0.0890 e. The van der Waals surface area contributed by atoms with Crippen LogP contribution >= 0.6 is 45.3 Å². The molecule has 0 unspecified atom stereocenters. The van der Waals surface area contributed by atoms with Gasteiger partial charge in [-0.2, -0.15) is 0 Å². The van der Waals surface area contributed by atoms with Crippen LogP contribution in [-0.2, 0) is 0 Å². The highest BCUT2D eigenvalue weighted by molar-refractivity contribution is 7.44. The highest BCUT2D eigenvalue weighted by Crippen LogP contribution is 2.48. The molecule has 9 aromatic rings. The van der Waals surface area contributed by atoms with Crippen LogP contribution in [0.3, 0.4) is 0 Å². The molecule has 0 fully saturated rings. The van der Waals surface area contributed by atoms with Crippen molar-refractivity contribution in [1.29, 1.82) is 0 Å². The summed E-state index contributed by atoms with van der Waals surface area (Å²) in [6, 6.07) is 40.9. The maximum absolute atomic E-state index is 2.45. The van der Waals surface area contributed by atoms with E-state index < -0.39 is 0 Å². The molecule has 0 saturated carbocycles. The van der Waals surface area contributed by atoms with E-state index in [1.165, 1.54) is 92.9 Å². The molecule has 0 atom stereocenters. The van der Waals surface area contributed by atoms with Gasteiger partial charge in [-0.25, -0.2) is 0 Å². The average Bonchev–Trinajstić information content (AvgIpc) is 3.76. The summed E-state index contributed by atoms with van der Waals surface area (Å²) >= 11 is 7.71. The molecule has 0 aliphatic rings. The number of rotatable bonds is 3. The Balaban J connectivity index is 1.15. The normalized spacial score (nSPS) is 12.0. The van der Waals surface area contributed by atoms with Crippen LogP contribution in [0, 0.1) is 13.8 Å². The Hall–Kier alpha value is -3.80. The van der Waals surface area contributed by atoms with Crippen molar-refractivity contribution in [3.8, 4) is 32.0 Å². The van der Waals surface area contributed by atoms with Crippen molar-refractivity contribution in [2.24, 2.45) is 0 Å². The van der Waals surface area contributed by atoms with Gasteiger partial charge in [0.1, 0.15) is 0 Å². The second-order valence-corrected chi connectivity index (χ2v) is 15.7. The van der Waals surface area contributed by atoms with Gasteiger partial charge in [0, 0.05) is 44.7 Å². The predicted molar refractivity (Wildman–Crippen MR) is 191 cm³/mol. The van der Waals surface area contributed by atoms with Gasteiger partial charge in [-0.3, -0.25) is 0 Å². The van der Waals surface area contributed by atoms with E-state index in [4.69, 9.17) is 0 Å². The van der Waals surface area contributed by atoms with Crippen LogP contribution in [0.4, 0.5) is 0 Å². The summed E-state index contributed by atoms with van der Waals surface area (Å²) in [6.45, 7) is 4.38. The van der Waals surface area contributed by atoms with Gasteiger partial charge in [-0.05, 0) is 83.3 Å². The zero-order valence-electron chi connectivity index (χ0n) is 23.0. The van der Waals surface area contributed by atoms with Crippen molar-refractivity contribution in [3.63, 3.8) is 0 Å². The van der Waals surface area contributed by atoms with Gasteiger partial charge in [-0.1, -0.05) is 83.9 Å². The fourth-order valence-corrected chi connectivity index (χ4v) is 11.1. The standard InChI is InChI=1S/C38H24S4/c1-21-12-22(2)14-26(13-21)32-16-28-18-36-30(20-34(28)40-32)37-29-19-33-27(17-35(29)41-38(37)42-36)15-31(39-33)25-10-8-24(9-11-25)23-6-4-3-5-7-23/h3-20H,1-2H3. The second-order valence-electron chi connectivity index (χ2n) is 11.2. The fraction of sp³-hybridized carbons (Fsp3) is 0.0526. The number of hydrogen-bond donors (Lipinski definition) is 0. The third-order valence-corrected chi connectivity index (χ3v) is 12.9. The Morgan fingerprint density at radius 3 is 1.52 bits per heavy atom. The lowest BCUT2D eigenvalue weighted by atomic mass is 10.0. The Labute approximate surface area is 259 Å². The molecule has 4 heteroatoms. The molecule has 0 saturated heterocycles. The van der Waals surface area contributed by atoms with Gasteiger partial charge in [0.25, 0.3) is 0 Å². The SMILES string of the molecule is Cc1cc(C)cc(-c2cc3cc4sc5sc6cc7cc(-c8ccc(-c9ccccc9)cc8)sc7cc6c5c4cc3s2)c1. The molecule has 0 aliphatic carbocycles. The van der Waals surface area contributed by atoms with Crippen LogP contribution in [0.25, 0.3) is 81.8 Å². The summed E-state index contributed by atoms with van der Waals surface area (Å²) in [4.78, 5) is 2.68. The first-order chi connectivity index (χ1) is 20.6. The van der Waals surface area contributed by atoms with Gasteiger partial charge in [0.15, 0.2) is 0 Å². The minimum absolute atomic E-state index is 1.26.